The van der Waals surface area contributed by atoms with Gasteiger partial charge in [0, 0.05) is 6.20 Å². The topological polar surface area (TPSA) is 98.1 Å². The number of ether oxygens (including phenoxy) is 1. The third kappa shape index (κ3) is 3.47. The molecule has 3 N–H and O–H groups in total. The number of carbonyl (C=O) groups excluding carboxylic acids is 1. The van der Waals surface area contributed by atoms with Gasteiger partial charge in [0.2, 0.25) is 0 Å². The van der Waals surface area contributed by atoms with Crippen LogP contribution in [-0.4, -0.2) is 22.5 Å². The van der Waals surface area contributed by atoms with Gasteiger partial charge in [-0.1, -0.05) is 26.0 Å². The summed E-state index contributed by atoms with van der Waals surface area (Å²) < 4.78 is 5.72. The second-order valence-electron chi connectivity index (χ2n) is 5.04. The van der Waals surface area contributed by atoms with Gasteiger partial charge >= 0.3 is 0 Å². The fourth-order valence-electron chi connectivity index (χ4n) is 1.75. The third-order valence-electron chi connectivity index (χ3n) is 2.78. The lowest BCUT2D eigenvalue weighted by Crippen LogP contribution is -2.24. The Morgan fingerprint density at radius 2 is 2.10 bits per heavy atom. The van der Waals surface area contributed by atoms with Gasteiger partial charge in [0.1, 0.15) is 17.1 Å². The number of nitrogens with one attached hydrogen (secondary N) is 1. The zero-order valence-electron chi connectivity index (χ0n) is 11.9. The summed E-state index contributed by atoms with van der Waals surface area (Å²) in [5, 5.41) is 0. The van der Waals surface area contributed by atoms with Crippen LogP contribution in [0.2, 0.25) is 0 Å². The first-order chi connectivity index (χ1) is 9.99. The third-order valence-corrected chi connectivity index (χ3v) is 2.78. The van der Waals surface area contributed by atoms with Crippen LogP contribution in [0.1, 0.15) is 24.2 Å². The number of nitrogens with zero attached hydrogens (tertiary/aromatic N) is 1. The molecule has 6 nitrogen and oxygen atoms in total. The molecule has 6 heteroatoms. The Labute approximate surface area is 122 Å². The van der Waals surface area contributed by atoms with E-state index in [1.165, 1.54) is 6.20 Å². The Morgan fingerprint density at radius 3 is 2.71 bits per heavy atom. The van der Waals surface area contributed by atoms with E-state index in [-0.39, 0.29) is 5.56 Å². The number of para-hydroxylation sites is 1. The Morgan fingerprint density at radius 1 is 1.38 bits per heavy atom. The summed E-state index contributed by atoms with van der Waals surface area (Å²) in [6.45, 7) is 4.65. The van der Waals surface area contributed by atoms with Crippen LogP contribution < -0.4 is 16.0 Å². The van der Waals surface area contributed by atoms with Crippen molar-refractivity contribution in [2.75, 3.05) is 6.61 Å². The number of rotatable bonds is 5. The lowest BCUT2D eigenvalue weighted by molar-refractivity contribution is 0.0998. The maximum atomic E-state index is 11.8. The normalized spacial score (nSPS) is 10.6. The summed E-state index contributed by atoms with van der Waals surface area (Å²) in [5.74, 6) is 0.535. The summed E-state index contributed by atoms with van der Waals surface area (Å²) in [4.78, 5) is 29.5. The molecule has 0 atom stereocenters. The average molecular weight is 287 g/mol. The van der Waals surface area contributed by atoms with E-state index in [1.807, 2.05) is 26.0 Å². The first-order valence-electron chi connectivity index (χ1n) is 6.60. The molecule has 0 radical (unpaired) electrons. The molecule has 0 aliphatic rings. The molecular formula is C15H17N3O3. The lowest BCUT2D eigenvalue weighted by Gasteiger charge is -2.12. The maximum Gasteiger partial charge on any atom is 0.264 e. The zero-order chi connectivity index (χ0) is 15.4. The molecule has 2 aromatic rings. The monoisotopic (exact) mass is 287 g/mol. The van der Waals surface area contributed by atoms with Crippen molar-refractivity contribution in [2.24, 2.45) is 11.7 Å². The molecule has 0 spiro atoms. The molecule has 0 saturated heterocycles. The van der Waals surface area contributed by atoms with Crippen molar-refractivity contribution in [1.29, 1.82) is 0 Å². The molecule has 0 bridgehead atoms. The van der Waals surface area contributed by atoms with E-state index in [0.29, 0.717) is 29.7 Å². The summed E-state index contributed by atoms with van der Waals surface area (Å²) >= 11 is 0. The SMILES string of the molecule is CC(C)COc1ccccc1-c1ncc(C(N)=O)c(=O)[nH]1. The van der Waals surface area contributed by atoms with Crippen LogP contribution in [0.3, 0.4) is 0 Å². The van der Waals surface area contributed by atoms with Crippen molar-refractivity contribution in [2.45, 2.75) is 13.8 Å². The predicted octanol–water partition coefficient (Wildman–Crippen LogP) is 1.57. The van der Waals surface area contributed by atoms with Crippen LogP contribution in [0.4, 0.5) is 0 Å². The van der Waals surface area contributed by atoms with Crippen LogP contribution in [0, 0.1) is 5.92 Å². The van der Waals surface area contributed by atoms with E-state index in [9.17, 15) is 9.59 Å². The number of hydrogen-bond acceptors (Lipinski definition) is 4. The fourth-order valence-corrected chi connectivity index (χ4v) is 1.75. The van der Waals surface area contributed by atoms with Crippen molar-refractivity contribution in [3.63, 3.8) is 0 Å². The molecule has 110 valence electrons. The van der Waals surface area contributed by atoms with Crippen LogP contribution in [-0.2, 0) is 0 Å². The molecule has 1 aromatic carbocycles. The molecule has 1 aromatic heterocycles. The Bertz CT molecular complexity index is 707. The number of aromatic nitrogens is 2. The number of aromatic amines is 1. The van der Waals surface area contributed by atoms with E-state index < -0.39 is 11.5 Å². The van der Waals surface area contributed by atoms with E-state index in [1.54, 1.807) is 12.1 Å². The van der Waals surface area contributed by atoms with E-state index in [0.717, 1.165) is 0 Å². The second kappa shape index (κ2) is 6.21. The fraction of sp³-hybridized carbons (Fsp3) is 0.267. The van der Waals surface area contributed by atoms with E-state index >= 15 is 0 Å². The smallest absolute Gasteiger partial charge is 0.264 e. The number of primary amides is 1. The van der Waals surface area contributed by atoms with Gasteiger partial charge in [-0.2, -0.15) is 0 Å². The molecular weight excluding hydrogens is 270 g/mol. The van der Waals surface area contributed by atoms with E-state index in [4.69, 9.17) is 10.5 Å². The lowest BCUT2D eigenvalue weighted by atomic mass is 10.1. The number of carbonyl (C=O) groups is 1. The minimum atomic E-state index is -0.806. The summed E-state index contributed by atoms with van der Waals surface area (Å²) in [7, 11) is 0. The highest BCUT2D eigenvalue weighted by Gasteiger charge is 2.12. The highest BCUT2D eigenvalue weighted by Crippen LogP contribution is 2.26. The van der Waals surface area contributed by atoms with E-state index in [2.05, 4.69) is 9.97 Å². The van der Waals surface area contributed by atoms with Gasteiger partial charge in [0.25, 0.3) is 11.5 Å². The molecule has 1 amide bonds. The van der Waals surface area contributed by atoms with Crippen LogP contribution >= 0.6 is 0 Å². The number of amides is 1. The van der Waals surface area contributed by atoms with Gasteiger partial charge in [-0.05, 0) is 18.1 Å². The molecule has 0 unspecified atom stereocenters. The van der Waals surface area contributed by atoms with Gasteiger partial charge < -0.3 is 15.5 Å². The van der Waals surface area contributed by atoms with Gasteiger partial charge in [-0.3, -0.25) is 9.59 Å². The minimum Gasteiger partial charge on any atom is -0.493 e. The molecule has 0 aliphatic heterocycles. The number of nitrogens with two attached hydrogens (primary N) is 1. The average Bonchev–Trinajstić information content (AvgIpc) is 2.45. The largest absolute Gasteiger partial charge is 0.493 e. The maximum absolute atomic E-state index is 11.8. The van der Waals surface area contributed by atoms with Gasteiger partial charge in [-0.25, -0.2) is 4.98 Å². The highest BCUT2D eigenvalue weighted by atomic mass is 16.5. The summed E-state index contributed by atoms with van der Waals surface area (Å²) in [6.07, 6.45) is 1.18. The molecule has 0 aliphatic carbocycles. The second-order valence-corrected chi connectivity index (χ2v) is 5.04. The Balaban J connectivity index is 2.40. The molecule has 1 heterocycles. The van der Waals surface area contributed by atoms with Crippen molar-refractivity contribution >= 4 is 5.91 Å². The molecule has 21 heavy (non-hydrogen) atoms. The molecule has 0 saturated carbocycles. The quantitative estimate of drug-likeness (QED) is 0.872. The number of benzene rings is 1. The first kappa shape index (κ1) is 14.8. The zero-order valence-corrected chi connectivity index (χ0v) is 11.9. The van der Waals surface area contributed by atoms with Crippen molar-refractivity contribution < 1.29 is 9.53 Å². The van der Waals surface area contributed by atoms with Crippen molar-refractivity contribution in [1.82, 2.24) is 9.97 Å². The van der Waals surface area contributed by atoms with Gasteiger partial charge in [-0.15, -0.1) is 0 Å². The van der Waals surface area contributed by atoms with Crippen LogP contribution in [0.15, 0.2) is 35.3 Å². The van der Waals surface area contributed by atoms with Crippen LogP contribution in [0.5, 0.6) is 5.75 Å². The molecule has 2 rings (SSSR count). The van der Waals surface area contributed by atoms with Crippen LogP contribution in [0.25, 0.3) is 11.4 Å². The van der Waals surface area contributed by atoms with Crippen molar-refractivity contribution in [3.8, 4) is 17.1 Å². The first-order valence-corrected chi connectivity index (χ1v) is 6.60. The van der Waals surface area contributed by atoms with Gasteiger partial charge in [0.05, 0.1) is 12.2 Å². The summed E-state index contributed by atoms with van der Waals surface area (Å²) in [6, 6.07) is 7.26. The predicted molar refractivity (Wildman–Crippen MR) is 79.1 cm³/mol. The number of hydrogen-bond donors (Lipinski definition) is 2. The standard InChI is InChI=1S/C15H17N3O3/c1-9(2)8-21-12-6-4-3-5-10(12)14-17-7-11(13(16)19)15(20)18-14/h3-7,9H,8H2,1-2H3,(H2,16,19)(H,17,18,20). The Kier molecular flexibility index (Phi) is 4.37. The summed E-state index contributed by atoms with van der Waals surface area (Å²) in [5.41, 5.74) is 5.02. The highest BCUT2D eigenvalue weighted by molar-refractivity contribution is 5.92. The molecule has 0 fully saturated rings. The van der Waals surface area contributed by atoms with Gasteiger partial charge in [0.15, 0.2) is 0 Å². The minimum absolute atomic E-state index is 0.167. The van der Waals surface area contributed by atoms with Crippen molar-refractivity contribution in [3.05, 3.63) is 46.4 Å². The Hall–Kier alpha value is -2.63. The number of H-pyrrole nitrogens is 1.